The predicted octanol–water partition coefficient (Wildman–Crippen LogP) is 0.896. The number of H-pyrrole nitrogens is 1. The molecule has 1 fully saturated rings. The number of sulfonamides is 1. The van der Waals surface area contributed by atoms with E-state index in [-0.39, 0.29) is 21.2 Å². The summed E-state index contributed by atoms with van der Waals surface area (Å²) in [5, 5.41) is 3.31. The molecule has 1 unspecified atom stereocenters. The van der Waals surface area contributed by atoms with E-state index in [9.17, 15) is 13.2 Å². The molecule has 1 aromatic heterocycles. The zero-order valence-electron chi connectivity index (χ0n) is 12.0. The van der Waals surface area contributed by atoms with Crippen LogP contribution in [0.3, 0.4) is 0 Å². The molecule has 114 valence electrons. The van der Waals surface area contributed by atoms with Gasteiger partial charge in [0.05, 0.1) is 0 Å². The molecule has 0 saturated carbocycles. The second kappa shape index (κ2) is 5.97. The molecule has 1 saturated heterocycles. The number of aromatic amines is 1. The molecule has 20 heavy (non-hydrogen) atoms. The van der Waals surface area contributed by atoms with Crippen LogP contribution in [0.25, 0.3) is 0 Å². The highest BCUT2D eigenvalue weighted by molar-refractivity contribution is 7.91. The van der Waals surface area contributed by atoms with E-state index >= 15 is 0 Å². The van der Waals surface area contributed by atoms with Crippen molar-refractivity contribution in [2.45, 2.75) is 49.9 Å². The minimum absolute atomic E-state index is 0.134. The summed E-state index contributed by atoms with van der Waals surface area (Å²) in [7, 11) is -3.62. The van der Waals surface area contributed by atoms with Crippen LogP contribution in [-0.4, -0.2) is 42.9 Å². The predicted molar refractivity (Wildman–Crippen MR) is 79.7 cm³/mol. The third-order valence-corrected chi connectivity index (χ3v) is 7.09. The van der Waals surface area contributed by atoms with Crippen molar-refractivity contribution >= 4 is 21.4 Å². The van der Waals surface area contributed by atoms with Gasteiger partial charge in [0, 0.05) is 24.3 Å². The minimum atomic E-state index is -3.62. The van der Waals surface area contributed by atoms with Crippen LogP contribution in [0.5, 0.6) is 0 Å². The third kappa shape index (κ3) is 3.13. The molecule has 2 heterocycles. The lowest BCUT2D eigenvalue weighted by molar-refractivity contribution is 0.323. The highest BCUT2D eigenvalue weighted by Crippen LogP contribution is 2.24. The van der Waals surface area contributed by atoms with Gasteiger partial charge in [0.15, 0.2) is 4.21 Å². The van der Waals surface area contributed by atoms with Gasteiger partial charge in [-0.25, -0.2) is 8.42 Å². The monoisotopic (exact) mass is 319 g/mol. The molecule has 1 aromatic rings. The topological polar surface area (TPSA) is 82.3 Å². The Kier molecular flexibility index (Phi) is 4.68. The van der Waals surface area contributed by atoms with Crippen molar-refractivity contribution in [2.24, 2.45) is 0 Å². The Morgan fingerprint density at radius 1 is 1.45 bits per heavy atom. The molecule has 0 spiro atoms. The van der Waals surface area contributed by atoms with Crippen LogP contribution in [0.1, 0.15) is 32.4 Å². The van der Waals surface area contributed by atoms with E-state index < -0.39 is 10.0 Å². The molecule has 1 atom stereocenters. The summed E-state index contributed by atoms with van der Waals surface area (Å²) < 4.78 is 27.1. The maximum Gasteiger partial charge on any atom is 0.305 e. The molecule has 0 aromatic carbocycles. The SMILES string of the molecule is Cc1[nH]c(=O)sc1S(=O)(=O)N(CC1CCCN1)C(C)C. The maximum atomic E-state index is 12.7. The van der Waals surface area contributed by atoms with Gasteiger partial charge in [-0.2, -0.15) is 4.31 Å². The van der Waals surface area contributed by atoms with Crippen molar-refractivity contribution < 1.29 is 8.42 Å². The van der Waals surface area contributed by atoms with E-state index in [1.807, 2.05) is 13.8 Å². The van der Waals surface area contributed by atoms with Gasteiger partial charge < -0.3 is 10.3 Å². The summed E-state index contributed by atoms with van der Waals surface area (Å²) in [4.78, 5) is 13.6. The Labute approximate surface area is 123 Å². The molecular weight excluding hydrogens is 298 g/mol. The van der Waals surface area contributed by atoms with Gasteiger partial charge in [-0.15, -0.1) is 0 Å². The van der Waals surface area contributed by atoms with Gasteiger partial charge in [0.2, 0.25) is 0 Å². The molecule has 2 rings (SSSR count). The van der Waals surface area contributed by atoms with Gasteiger partial charge in [-0.05, 0) is 40.2 Å². The fraction of sp³-hybridized carbons (Fsp3) is 0.750. The van der Waals surface area contributed by atoms with Crippen LogP contribution in [0, 0.1) is 6.92 Å². The highest BCUT2D eigenvalue weighted by atomic mass is 32.2. The molecular formula is C12H21N3O3S2. The van der Waals surface area contributed by atoms with Gasteiger partial charge in [0.25, 0.3) is 10.0 Å². The molecule has 0 bridgehead atoms. The van der Waals surface area contributed by atoms with E-state index in [0.29, 0.717) is 12.2 Å². The molecule has 2 N–H and O–H groups in total. The summed E-state index contributed by atoms with van der Waals surface area (Å²) >= 11 is 0.764. The number of thiazole rings is 1. The van der Waals surface area contributed by atoms with E-state index in [1.165, 1.54) is 4.31 Å². The molecule has 0 amide bonds. The first-order valence-electron chi connectivity index (χ1n) is 6.77. The quantitative estimate of drug-likeness (QED) is 0.844. The number of rotatable bonds is 5. The summed E-state index contributed by atoms with van der Waals surface area (Å²) in [6, 6.07) is 0.0575. The molecule has 8 heteroatoms. The van der Waals surface area contributed by atoms with Gasteiger partial charge in [-0.3, -0.25) is 4.79 Å². The first-order valence-corrected chi connectivity index (χ1v) is 9.03. The third-order valence-electron chi connectivity index (χ3n) is 3.46. The van der Waals surface area contributed by atoms with Crippen molar-refractivity contribution in [1.29, 1.82) is 0 Å². The lowest BCUT2D eigenvalue weighted by Crippen LogP contribution is -2.44. The van der Waals surface area contributed by atoms with Gasteiger partial charge in [0.1, 0.15) is 0 Å². The van der Waals surface area contributed by atoms with Crippen molar-refractivity contribution in [3.05, 3.63) is 15.4 Å². The summed E-state index contributed by atoms with van der Waals surface area (Å²) in [5.74, 6) is 0. The lowest BCUT2D eigenvalue weighted by atomic mass is 10.2. The van der Waals surface area contributed by atoms with Crippen LogP contribution < -0.4 is 10.2 Å². The first-order chi connectivity index (χ1) is 9.32. The van der Waals surface area contributed by atoms with Crippen LogP contribution in [0.2, 0.25) is 0 Å². The van der Waals surface area contributed by atoms with Gasteiger partial charge >= 0.3 is 4.87 Å². The number of hydrogen-bond acceptors (Lipinski definition) is 5. The first kappa shape index (κ1) is 15.7. The maximum absolute atomic E-state index is 12.7. The Morgan fingerprint density at radius 3 is 2.60 bits per heavy atom. The largest absolute Gasteiger partial charge is 0.315 e. The minimum Gasteiger partial charge on any atom is -0.315 e. The average molecular weight is 319 g/mol. The normalized spacial score (nSPS) is 20.1. The molecule has 1 aliphatic heterocycles. The Morgan fingerprint density at radius 2 is 2.15 bits per heavy atom. The molecule has 1 aliphatic rings. The zero-order chi connectivity index (χ0) is 14.9. The van der Waals surface area contributed by atoms with E-state index in [4.69, 9.17) is 0 Å². The number of hydrogen-bond donors (Lipinski definition) is 2. The Balaban J connectivity index is 2.31. The standard InChI is InChI=1S/C12H21N3O3S2/c1-8(2)15(7-10-5-4-6-13-10)20(17,18)11-9(3)14-12(16)19-11/h8,10,13H,4-7H2,1-3H3,(H,14,16). The highest BCUT2D eigenvalue weighted by Gasteiger charge is 2.33. The lowest BCUT2D eigenvalue weighted by Gasteiger charge is -2.28. The fourth-order valence-corrected chi connectivity index (χ4v) is 5.55. The summed E-state index contributed by atoms with van der Waals surface area (Å²) in [5.41, 5.74) is 0.421. The van der Waals surface area contributed by atoms with E-state index in [2.05, 4.69) is 10.3 Å². The molecule has 0 radical (unpaired) electrons. The summed E-state index contributed by atoms with van der Waals surface area (Å²) in [6.07, 6.45) is 2.06. The zero-order valence-corrected chi connectivity index (χ0v) is 13.6. The van der Waals surface area contributed by atoms with E-state index in [1.54, 1.807) is 6.92 Å². The van der Waals surface area contributed by atoms with Crippen molar-refractivity contribution in [1.82, 2.24) is 14.6 Å². The fourth-order valence-electron chi connectivity index (χ4n) is 2.46. The molecule has 0 aliphatic carbocycles. The van der Waals surface area contributed by atoms with Crippen LogP contribution in [0.4, 0.5) is 0 Å². The average Bonchev–Trinajstić information content (AvgIpc) is 2.95. The van der Waals surface area contributed by atoms with Crippen molar-refractivity contribution in [3.8, 4) is 0 Å². The number of nitrogens with zero attached hydrogens (tertiary/aromatic N) is 1. The Hall–Kier alpha value is -0.700. The number of nitrogens with one attached hydrogen (secondary N) is 2. The van der Waals surface area contributed by atoms with Gasteiger partial charge in [-0.1, -0.05) is 11.3 Å². The second-order valence-electron chi connectivity index (χ2n) is 5.39. The summed E-state index contributed by atoms with van der Waals surface area (Å²) in [6.45, 7) is 6.73. The Bertz CT molecular complexity index is 612. The van der Waals surface area contributed by atoms with Crippen molar-refractivity contribution in [3.63, 3.8) is 0 Å². The smallest absolute Gasteiger partial charge is 0.305 e. The van der Waals surface area contributed by atoms with Crippen LogP contribution in [-0.2, 0) is 10.0 Å². The van der Waals surface area contributed by atoms with E-state index in [0.717, 1.165) is 30.7 Å². The van der Waals surface area contributed by atoms with Crippen LogP contribution >= 0.6 is 11.3 Å². The number of aryl methyl sites for hydroxylation is 1. The number of aromatic nitrogens is 1. The van der Waals surface area contributed by atoms with Crippen molar-refractivity contribution in [2.75, 3.05) is 13.1 Å². The molecule has 6 nitrogen and oxygen atoms in total. The second-order valence-corrected chi connectivity index (χ2v) is 8.46. The van der Waals surface area contributed by atoms with Crippen LogP contribution in [0.15, 0.2) is 9.00 Å².